The van der Waals surface area contributed by atoms with Gasteiger partial charge in [0.2, 0.25) is 0 Å². The maximum absolute atomic E-state index is 11.8. The highest BCUT2D eigenvalue weighted by molar-refractivity contribution is 5.87. The zero-order valence-electron chi connectivity index (χ0n) is 10.7. The van der Waals surface area contributed by atoms with Gasteiger partial charge >= 0.3 is 5.97 Å². The van der Waals surface area contributed by atoms with Gasteiger partial charge in [0.1, 0.15) is 5.60 Å². The van der Waals surface area contributed by atoms with Crippen molar-refractivity contribution in [3.8, 4) is 0 Å². The van der Waals surface area contributed by atoms with Gasteiger partial charge in [-0.25, -0.2) is 4.79 Å². The number of carbonyl (C=O) groups excluding carboxylic acids is 1. The molecule has 4 rings (SSSR count). The maximum Gasteiger partial charge on any atom is 0.333 e. The minimum atomic E-state index is -0.184. The summed E-state index contributed by atoms with van der Waals surface area (Å²) in [5.41, 5.74) is 0.964. The van der Waals surface area contributed by atoms with E-state index in [2.05, 4.69) is 13.5 Å². The molecule has 17 heavy (non-hydrogen) atoms. The van der Waals surface area contributed by atoms with Gasteiger partial charge in [-0.3, -0.25) is 0 Å². The van der Waals surface area contributed by atoms with Gasteiger partial charge in [-0.2, -0.15) is 0 Å². The molecule has 2 bridgehead atoms. The number of hydrogen-bond donors (Lipinski definition) is 0. The van der Waals surface area contributed by atoms with Gasteiger partial charge in [0.05, 0.1) is 0 Å². The Bertz CT molecular complexity index is 440. The largest absolute Gasteiger partial charge is 0.455 e. The molecule has 0 heterocycles. The Kier molecular flexibility index (Phi) is 1.57. The lowest BCUT2D eigenvalue weighted by molar-refractivity contribution is -0.244. The number of ether oxygens (including phenoxy) is 1. The lowest BCUT2D eigenvalue weighted by Gasteiger charge is -2.69. The fourth-order valence-corrected chi connectivity index (χ4v) is 5.76. The van der Waals surface area contributed by atoms with Crippen molar-refractivity contribution in [1.82, 2.24) is 0 Å². The number of rotatable bonds is 2. The van der Waals surface area contributed by atoms with Crippen LogP contribution in [0.5, 0.6) is 0 Å². The van der Waals surface area contributed by atoms with Crippen LogP contribution in [0.25, 0.3) is 0 Å². The normalized spacial score (nSPS) is 56.8. The monoisotopic (exact) mass is 232 g/mol. The second kappa shape index (κ2) is 2.62. The van der Waals surface area contributed by atoms with Crippen LogP contribution in [0.4, 0.5) is 0 Å². The van der Waals surface area contributed by atoms with E-state index in [0.29, 0.717) is 22.8 Å². The zero-order chi connectivity index (χ0) is 12.0. The molecule has 6 unspecified atom stereocenters. The molecule has 0 aromatic carbocycles. The fourth-order valence-electron chi connectivity index (χ4n) is 5.76. The van der Waals surface area contributed by atoms with Crippen LogP contribution in [0.1, 0.15) is 39.5 Å². The average molecular weight is 232 g/mol. The predicted octanol–water partition coefficient (Wildman–Crippen LogP) is 2.93. The van der Waals surface area contributed by atoms with E-state index < -0.39 is 0 Å². The second-order valence-corrected chi connectivity index (χ2v) is 7.02. The molecule has 4 aliphatic carbocycles. The van der Waals surface area contributed by atoms with Crippen LogP contribution >= 0.6 is 0 Å². The molecular weight excluding hydrogens is 212 g/mol. The van der Waals surface area contributed by atoms with Gasteiger partial charge in [-0.1, -0.05) is 6.58 Å². The van der Waals surface area contributed by atoms with E-state index in [1.54, 1.807) is 6.92 Å². The number of carbonyl (C=O) groups is 1. The SMILES string of the molecule is C=C(C)C(=O)OC1(C)C2CC3CC4CC1C34C2. The van der Waals surface area contributed by atoms with Crippen LogP contribution in [0.2, 0.25) is 0 Å². The Morgan fingerprint density at radius 1 is 1.24 bits per heavy atom. The quantitative estimate of drug-likeness (QED) is 0.540. The predicted molar refractivity (Wildman–Crippen MR) is 64.2 cm³/mol. The Hall–Kier alpha value is -0.790. The summed E-state index contributed by atoms with van der Waals surface area (Å²) in [5.74, 6) is 3.02. The third-order valence-electron chi connectivity index (χ3n) is 6.59. The highest BCUT2D eigenvalue weighted by atomic mass is 16.6. The molecule has 4 saturated carbocycles. The van der Waals surface area contributed by atoms with E-state index in [1.807, 2.05) is 0 Å². The summed E-state index contributed by atoms with van der Waals surface area (Å²) >= 11 is 0. The first-order valence-corrected chi connectivity index (χ1v) is 6.87. The molecule has 0 N–H and O–H groups in total. The molecule has 4 aliphatic rings. The van der Waals surface area contributed by atoms with Crippen molar-refractivity contribution in [1.29, 1.82) is 0 Å². The number of hydrogen-bond acceptors (Lipinski definition) is 2. The van der Waals surface area contributed by atoms with Crippen LogP contribution < -0.4 is 0 Å². The van der Waals surface area contributed by atoms with Crippen LogP contribution in [0, 0.1) is 29.1 Å². The van der Waals surface area contributed by atoms with Crippen molar-refractivity contribution >= 4 is 5.97 Å². The summed E-state index contributed by atoms with van der Waals surface area (Å²) in [6.07, 6.45) is 5.38. The van der Waals surface area contributed by atoms with Gasteiger partial charge in [-0.05, 0) is 62.7 Å². The first-order valence-electron chi connectivity index (χ1n) is 6.87. The average Bonchev–Trinajstić information content (AvgIpc) is 2.70. The lowest BCUT2D eigenvalue weighted by Crippen LogP contribution is -2.66. The first-order chi connectivity index (χ1) is 7.98. The second-order valence-electron chi connectivity index (χ2n) is 7.02. The smallest absolute Gasteiger partial charge is 0.333 e. The number of fused-ring (bicyclic) bond motifs is 1. The molecule has 6 atom stereocenters. The first kappa shape index (κ1) is 10.2. The minimum absolute atomic E-state index is 0.177. The van der Waals surface area contributed by atoms with Crippen molar-refractivity contribution < 1.29 is 9.53 Å². The van der Waals surface area contributed by atoms with Crippen LogP contribution in [0.3, 0.4) is 0 Å². The summed E-state index contributed by atoms with van der Waals surface area (Å²) in [6.45, 7) is 7.63. The number of esters is 1. The van der Waals surface area contributed by atoms with E-state index in [-0.39, 0.29) is 11.6 Å². The van der Waals surface area contributed by atoms with Gasteiger partial charge in [-0.15, -0.1) is 0 Å². The molecule has 1 spiro atoms. The van der Waals surface area contributed by atoms with Crippen molar-refractivity contribution in [3.05, 3.63) is 12.2 Å². The molecular formula is C15H20O2. The fraction of sp³-hybridized carbons (Fsp3) is 0.800. The van der Waals surface area contributed by atoms with Crippen molar-refractivity contribution in [2.75, 3.05) is 0 Å². The summed E-state index contributed by atoms with van der Waals surface area (Å²) in [5, 5.41) is 0. The molecule has 0 aliphatic heterocycles. The Balaban J connectivity index is 1.64. The summed E-state index contributed by atoms with van der Waals surface area (Å²) in [6, 6.07) is 0. The summed E-state index contributed by atoms with van der Waals surface area (Å²) in [4.78, 5) is 11.8. The third-order valence-corrected chi connectivity index (χ3v) is 6.59. The Morgan fingerprint density at radius 3 is 2.47 bits per heavy atom. The van der Waals surface area contributed by atoms with Crippen molar-refractivity contribution in [2.24, 2.45) is 29.1 Å². The van der Waals surface area contributed by atoms with Gasteiger partial charge in [0.15, 0.2) is 0 Å². The van der Waals surface area contributed by atoms with Gasteiger partial charge in [0.25, 0.3) is 0 Å². The third kappa shape index (κ3) is 0.871. The summed E-state index contributed by atoms with van der Waals surface area (Å²) < 4.78 is 5.85. The zero-order valence-corrected chi connectivity index (χ0v) is 10.7. The van der Waals surface area contributed by atoms with Gasteiger partial charge < -0.3 is 4.74 Å². The minimum Gasteiger partial charge on any atom is -0.455 e. The van der Waals surface area contributed by atoms with Crippen LogP contribution in [0.15, 0.2) is 12.2 Å². The molecule has 0 radical (unpaired) electrons. The molecule has 0 aromatic heterocycles. The molecule has 0 saturated heterocycles. The van der Waals surface area contributed by atoms with E-state index in [9.17, 15) is 4.79 Å². The van der Waals surface area contributed by atoms with E-state index in [0.717, 1.165) is 11.8 Å². The van der Waals surface area contributed by atoms with E-state index >= 15 is 0 Å². The molecule has 0 amide bonds. The molecule has 4 fully saturated rings. The molecule has 0 aromatic rings. The van der Waals surface area contributed by atoms with Crippen LogP contribution in [-0.4, -0.2) is 11.6 Å². The standard InChI is InChI=1S/C15H20O2/c1-8(2)13(16)17-14(3)11-5-9-4-10-6-12(14)15(9,10)7-11/h9-12H,1,4-7H2,2-3H3. The van der Waals surface area contributed by atoms with E-state index in [4.69, 9.17) is 4.74 Å². The van der Waals surface area contributed by atoms with Crippen molar-refractivity contribution in [2.45, 2.75) is 45.1 Å². The molecule has 2 heteroatoms. The highest BCUT2D eigenvalue weighted by Gasteiger charge is 2.81. The molecule has 2 nitrogen and oxygen atoms in total. The Labute approximate surface area is 102 Å². The van der Waals surface area contributed by atoms with Crippen LogP contribution in [-0.2, 0) is 9.53 Å². The van der Waals surface area contributed by atoms with Gasteiger partial charge in [0, 0.05) is 11.5 Å². The summed E-state index contributed by atoms with van der Waals surface area (Å²) in [7, 11) is 0. The van der Waals surface area contributed by atoms with E-state index in [1.165, 1.54) is 25.7 Å². The molecule has 92 valence electrons. The highest BCUT2D eigenvalue weighted by Crippen LogP contribution is 2.84. The Morgan fingerprint density at radius 2 is 1.88 bits per heavy atom. The maximum atomic E-state index is 11.8. The van der Waals surface area contributed by atoms with Crippen molar-refractivity contribution in [3.63, 3.8) is 0 Å². The topological polar surface area (TPSA) is 26.3 Å². The lowest BCUT2D eigenvalue weighted by atomic mass is 9.36.